The smallest absolute Gasteiger partial charge is 0.124 e. The van der Waals surface area contributed by atoms with Crippen molar-refractivity contribution in [1.29, 1.82) is 5.26 Å². The molecule has 0 aliphatic carbocycles. The van der Waals surface area contributed by atoms with Gasteiger partial charge in [0.05, 0.1) is 23.0 Å². The van der Waals surface area contributed by atoms with Crippen molar-refractivity contribution in [3.8, 4) is 6.07 Å². The first kappa shape index (κ1) is 13.8. The van der Waals surface area contributed by atoms with Crippen molar-refractivity contribution in [3.05, 3.63) is 30.1 Å². The molecule has 0 unspecified atom stereocenters. The number of nitrogens with zero attached hydrogens (tertiary/aromatic N) is 3. The predicted molar refractivity (Wildman–Crippen MR) is 71.4 cm³/mol. The fourth-order valence-corrected chi connectivity index (χ4v) is 2.00. The lowest BCUT2D eigenvalue weighted by Gasteiger charge is -2.05. The van der Waals surface area contributed by atoms with Crippen molar-refractivity contribution >= 4 is 35.0 Å². The number of unbranched alkanes of at least 4 members (excludes halogenated alkanes) is 1. The second kappa shape index (κ2) is 6.48. The highest BCUT2D eigenvalue weighted by Crippen LogP contribution is 2.17. The lowest BCUT2D eigenvalue weighted by Crippen LogP contribution is -2.02. The molecule has 2 rings (SSSR count). The first-order chi connectivity index (χ1) is 7.86. The standard InChI is InChI=1S/C12H12ClN3.ClH/c13-9-12-15-10-5-1-2-6-11(10)16(12)8-4-3-7-14;/h1-2,5-6H,3-4,8-9H2;1H. The van der Waals surface area contributed by atoms with Gasteiger partial charge >= 0.3 is 0 Å². The van der Waals surface area contributed by atoms with Crippen LogP contribution in [0.2, 0.25) is 0 Å². The number of hydrogen-bond acceptors (Lipinski definition) is 2. The van der Waals surface area contributed by atoms with Crippen LogP contribution in [0.15, 0.2) is 24.3 Å². The average molecular weight is 270 g/mol. The van der Waals surface area contributed by atoms with Crippen LogP contribution in [-0.2, 0) is 12.4 Å². The molecule has 0 fully saturated rings. The molecular formula is C12H13Cl2N3. The summed E-state index contributed by atoms with van der Waals surface area (Å²) in [4.78, 5) is 4.46. The highest BCUT2D eigenvalue weighted by Gasteiger charge is 2.08. The molecule has 17 heavy (non-hydrogen) atoms. The summed E-state index contributed by atoms with van der Waals surface area (Å²) in [5, 5.41) is 8.53. The summed E-state index contributed by atoms with van der Waals surface area (Å²) < 4.78 is 2.10. The minimum Gasteiger partial charge on any atom is -0.327 e. The Morgan fingerprint density at radius 3 is 2.82 bits per heavy atom. The Bertz CT molecular complexity index is 528. The topological polar surface area (TPSA) is 41.6 Å². The second-order valence-electron chi connectivity index (χ2n) is 3.56. The SMILES string of the molecule is Cl.N#CCCCn1c(CCl)nc2ccccc21. The number of fused-ring (bicyclic) bond motifs is 1. The maximum absolute atomic E-state index is 8.53. The van der Waals surface area contributed by atoms with Crippen LogP contribution in [0.25, 0.3) is 11.0 Å². The van der Waals surface area contributed by atoms with Gasteiger partial charge in [-0.05, 0) is 18.6 Å². The predicted octanol–water partition coefficient (Wildman–Crippen LogP) is 3.50. The number of aryl methyl sites for hydroxylation is 1. The summed E-state index contributed by atoms with van der Waals surface area (Å²) in [6, 6.07) is 10.1. The maximum atomic E-state index is 8.53. The number of aromatic nitrogens is 2. The van der Waals surface area contributed by atoms with E-state index in [-0.39, 0.29) is 12.4 Å². The van der Waals surface area contributed by atoms with E-state index < -0.39 is 0 Å². The lowest BCUT2D eigenvalue weighted by atomic mass is 10.3. The van der Waals surface area contributed by atoms with Gasteiger partial charge in [0, 0.05) is 13.0 Å². The highest BCUT2D eigenvalue weighted by molar-refractivity contribution is 6.16. The highest BCUT2D eigenvalue weighted by atomic mass is 35.5. The summed E-state index contributed by atoms with van der Waals surface area (Å²) in [5.74, 6) is 1.28. The van der Waals surface area contributed by atoms with Gasteiger partial charge in [0.15, 0.2) is 0 Å². The van der Waals surface area contributed by atoms with Crippen LogP contribution in [0, 0.1) is 11.3 Å². The molecule has 0 saturated carbocycles. The molecule has 0 spiro atoms. The number of imidazole rings is 1. The Hall–Kier alpha value is -1.24. The number of para-hydroxylation sites is 2. The molecule has 0 radical (unpaired) electrons. The van der Waals surface area contributed by atoms with Crippen LogP contribution < -0.4 is 0 Å². The zero-order chi connectivity index (χ0) is 11.4. The Balaban J connectivity index is 0.00000144. The average Bonchev–Trinajstić information content (AvgIpc) is 2.68. The van der Waals surface area contributed by atoms with Gasteiger partial charge < -0.3 is 4.57 Å². The zero-order valence-electron chi connectivity index (χ0n) is 9.27. The Morgan fingerprint density at radius 1 is 1.35 bits per heavy atom. The molecular weight excluding hydrogens is 257 g/mol. The van der Waals surface area contributed by atoms with E-state index >= 15 is 0 Å². The van der Waals surface area contributed by atoms with Crippen molar-refractivity contribution in [1.82, 2.24) is 9.55 Å². The first-order valence-electron chi connectivity index (χ1n) is 5.24. The molecule has 0 bridgehead atoms. The number of alkyl halides is 1. The summed E-state index contributed by atoms with van der Waals surface area (Å²) in [6.45, 7) is 0.802. The molecule has 3 nitrogen and oxygen atoms in total. The van der Waals surface area contributed by atoms with E-state index in [0.29, 0.717) is 12.3 Å². The zero-order valence-corrected chi connectivity index (χ0v) is 10.8. The van der Waals surface area contributed by atoms with Crippen LogP contribution in [0.1, 0.15) is 18.7 Å². The second-order valence-corrected chi connectivity index (χ2v) is 3.83. The van der Waals surface area contributed by atoms with Crippen LogP contribution in [0.3, 0.4) is 0 Å². The Labute approximate surface area is 111 Å². The van der Waals surface area contributed by atoms with Crippen LogP contribution in [0.5, 0.6) is 0 Å². The van der Waals surface area contributed by atoms with Gasteiger partial charge in [-0.1, -0.05) is 12.1 Å². The van der Waals surface area contributed by atoms with Gasteiger partial charge in [-0.3, -0.25) is 0 Å². The molecule has 2 aromatic rings. The van der Waals surface area contributed by atoms with Gasteiger partial charge in [0.25, 0.3) is 0 Å². The molecule has 0 N–H and O–H groups in total. The summed E-state index contributed by atoms with van der Waals surface area (Å²) in [5.41, 5.74) is 2.06. The van der Waals surface area contributed by atoms with Gasteiger partial charge in [-0.2, -0.15) is 5.26 Å². The van der Waals surface area contributed by atoms with Gasteiger partial charge in [-0.25, -0.2) is 4.98 Å². The lowest BCUT2D eigenvalue weighted by molar-refractivity contribution is 0.648. The molecule has 0 atom stereocenters. The molecule has 1 aromatic carbocycles. The van der Waals surface area contributed by atoms with Gasteiger partial charge in [0.1, 0.15) is 5.82 Å². The first-order valence-corrected chi connectivity index (χ1v) is 5.77. The Kier molecular flexibility index (Phi) is 5.27. The number of nitriles is 1. The molecule has 0 saturated heterocycles. The molecule has 1 heterocycles. The Morgan fingerprint density at radius 2 is 2.12 bits per heavy atom. The molecule has 0 aliphatic heterocycles. The quantitative estimate of drug-likeness (QED) is 0.630. The van der Waals surface area contributed by atoms with Crippen LogP contribution in [0.4, 0.5) is 0 Å². The fraction of sp³-hybridized carbons (Fsp3) is 0.333. The molecule has 0 aliphatic rings. The molecule has 5 heteroatoms. The van der Waals surface area contributed by atoms with Crippen molar-refractivity contribution in [2.45, 2.75) is 25.3 Å². The van der Waals surface area contributed by atoms with Crippen molar-refractivity contribution in [2.75, 3.05) is 0 Å². The monoisotopic (exact) mass is 269 g/mol. The fourth-order valence-electron chi connectivity index (χ4n) is 1.79. The van der Waals surface area contributed by atoms with Crippen molar-refractivity contribution in [3.63, 3.8) is 0 Å². The van der Waals surface area contributed by atoms with E-state index in [1.54, 1.807) is 0 Å². The van der Waals surface area contributed by atoms with E-state index in [0.717, 1.165) is 29.8 Å². The summed E-state index contributed by atoms with van der Waals surface area (Å²) >= 11 is 5.87. The maximum Gasteiger partial charge on any atom is 0.124 e. The molecule has 0 amide bonds. The van der Waals surface area contributed by atoms with Gasteiger partial charge in [0.2, 0.25) is 0 Å². The minimum atomic E-state index is 0. The number of rotatable bonds is 4. The largest absolute Gasteiger partial charge is 0.327 e. The summed E-state index contributed by atoms with van der Waals surface area (Å²) in [6.07, 6.45) is 1.40. The van der Waals surface area contributed by atoms with E-state index in [4.69, 9.17) is 16.9 Å². The third kappa shape index (κ3) is 2.91. The van der Waals surface area contributed by atoms with Crippen LogP contribution in [-0.4, -0.2) is 9.55 Å². The molecule has 90 valence electrons. The van der Waals surface area contributed by atoms with Crippen LogP contribution >= 0.6 is 24.0 Å². The number of benzene rings is 1. The van der Waals surface area contributed by atoms with Crippen molar-refractivity contribution in [2.24, 2.45) is 0 Å². The summed E-state index contributed by atoms with van der Waals surface area (Å²) in [7, 11) is 0. The van der Waals surface area contributed by atoms with E-state index in [1.165, 1.54) is 0 Å². The van der Waals surface area contributed by atoms with E-state index in [1.807, 2.05) is 24.3 Å². The van der Waals surface area contributed by atoms with Gasteiger partial charge in [-0.15, -0.1) is 24.0 Å². The minimum absolute atomic E-state index is 0. The normalized spacial score (nSPS) is 9.88. The van der Waals surface area contributed by atoms with Crippen molar-refractivity contribution < 1.29 is 0 Å². The third-order valence-corrected chi connectivity index (χ3v) is 2.76. The number of hydrogen-bond donors (Lipinski definition) is 0. The number of halogens is 2. The molecule has 1 aromatic heterocycles. The third-order valence-electron chi connectivity index (χ3n) is 2.52. The van der Waals surface area contributed by atoms with E-state index in [9.17, 15) is 0 Å². The van der Waals surface area contributed by atoms with E-state index in [2.05, 4.69) is 15.6 Å².